The Labute approximate surface area is 122 Å². The van der Waals surface area contributed by atoms with Crippen LogP contribution < -0.4 is 4.72 Å². The standard InChI is InChI=1S/C14H14FNO2S2/c1-19-13-6-8-14(9-7-13)20(17,18)16-10-11-2-4-12(15)5-3-11/h2-9,16H,10H2,1H3. The molecule has 3 nitrogen and oxygen atoms in total. The van der Waals surface area contributed by atoms with Gasteiger partial charge in [0.1, 0.15) is 5.82 Å². The number of thioether (sulfide) groups is 1. The van der Waals surface area contributed by atoms with Gasteiger partial charge in [0, 0.05) is 11.4 Å². The van der Waals surface area contributed by atoms with Gasteiger partial charge < -0.3 is 0 Å². The number of rotatable bonds is 5. The topological polar surface area (TPSA) is 46.2 Å². The summed E-state index contributed by atoms with van der Waals surface area (Å²) in [6, 6.07) is 12.4. The number of hydrogen-bond donors (Lipinski definition) is 1. The summed E-state index contributed by atoms with van der Waals surface area (Å²) in [6.45, 7) is 0.132. The van der Waals surface area contributed by atoms with Crippen LogP contribution in [0, 0.1) is 5.82 Å². The molecule has 0 aliphatic carbocycles. The molecule has 0 aromatic heterocycles. The summed E-state index contributed by atoms with van der Waals surface area (Å²) < 4.78 is 39.4. The van der Waals surface area contributed by atoms with Gasteiger partial charge in [-0.1, -0.05) is 12.1 Å². The first-order chi connectivity index (χ1) is 9.51. The molecule has 6 heteroatoms. The van der Waals surface area contributed by atoms with E-state index in [1.54, 1.807) is 48.2 Å². The summed E-state index contributed by atoms with van der Waals surface area (Å²) >= 11 is 1.55. The second kappa shape index (κ2) is 6.39. The highest BCUT2D eigenvalue weighted by atomic mass is 32.2. The molecule has 2 rings (SSSR count). The lowest BCUT2D eigenvalue weighted by Gasteiger charge is -2.07. The van der Waals surface area contributed by atoms with Crippen molar-refractivity contribution in [2.45, 2.75) is 16.3 Å². The smallest absolute Gasteiger partial charge is 0.207 e. The second-order valence-corrected chi connectivity index (χ2v) is 6.77. The van der Waals surface area contributed by atoms with Crippen LogP contribution >= 0.6 is 11.8 Å². The highest BCUT2D eigenvalue weighted by molar-refractivity contribution is 7.98. The van der Waals surface area contributed by atoms with Crippen molar-refractivity contribution in [3.8, 4) is 0 Å². The molecule has 20 heavy (non-hydrogen) atoms. The first kappa shape index (κ1) is 15.0. The molecular weight excluding hydrogens is 297 g/mol. The molecule has 0 unspecified atom stereocenters. The molecule has 0 heterocycles. The van der Waals surface area contributed by atoms with Gasteiger partial charge in [0.05, 0.1) is 4.90 Å². The Hall–Kier alpha value is -1.37. The Balaban J connectivity index is 2.08. The van der Waals surface area contributed by atoms with Crippen LogP contribution in [0.3, 0.4) is 0 Å². The van der Waals surface area contributed by atoms with Crippen molar-refractivity contribution in [2.24, 2.45) is 0 Å². The van der Waals surface area contributed by atoms with E-state index in [1.165, 1.54) is 12.1 Å². The van der Waals surface area contributed by atoms with E-state index in [9.17, 15) is 12.8 Å². The van der Waals surface area contributed by atoms with Crippen molar-refractivity contribution in [1.82, 2.24) is 4.72 Å². The fraction of sp³-hybridized carbons (Fsp3) is 0.143. The maximum absolute atomic E-state index is 12.8. The monoisotopic (exact) mass is 311 g/mol. The molecule has 2 aromatic rings. The van der Waals surface area contributed by atoms with Crippen LogP contribution in [0.15, 0.2) is 58.3 Å². The van der Waals surface area contributed by atoms with Gasteiger partial charge in [-0.2, -0.15) is 0 Å². The molecule has 1 N–H and O–H groups in total. The van der Waals surface area contributed by atoms with E-state index in [0.717, 1.165) is 4.90 Å². The zero-order chi connectivity index (χ0) is 14.6. The summed E-state index contributed by atoms with van der Waals surface area (Å²) in [7, 11) is -3.55. The number of benzene rings is 2. The number of nitrogens with one attached hydrogen (secondary N) is 1. The third-order valence-electron chi connectivity index (χ3n) is 2.75. The molecular formula is C14H14FNO2S2. The molecule has 0 spiro atoms. The third kappa shape index (κ3) is 3.82. The highest BCUT2D eigenvalue weighted by Gasteiger charge is 2.13. The summed E-state index contributed by atoms with van der Waals surface area (Å²) in [5, 5.41) is 0. The Morgan fingerprint density at radius 1 is 1.05 bits per heavy atom. The second-order valence-electron chi connectivity index (χ2n) is 4.13. The first-order valence-electron chi connectivity index (χ1n) is 5.89. The summed E-state index contributed by atoms with van der Waals surface area (Å²) in [5.41, 5.74) is 0.704. The Kier molecular flexibility index (Phi) is 4.80. The van der Waals surface area contributed by atoms with Crippen LogP contribution in [0.2, 0.25) is 0 Å². The van der Waals surface area contributed by atoms with Crippen LogP contribution in [0.5, 0.6) is 0 Å². The largest absolute Gasteiger partial charge is 0.240 e. The van der Waals surface area contributed by atoms with Crippen molar-refractivity contribution in [1.29, 1.82) is 0 Å². The van der Waals surface area contributed by atoms with Gasteiger partial charge in [-0.05, 0) is 48.2 Å². The van der Waals surface area contributed by atoms with Crippen molar-refractivity contribution in [2.75, 3.05) is 6.26 Å². The van der Waals surface area contributed by atoms with Crippen LogP contribution in [0.25, 0.3) is 0 Å². The van der Waals surface area contributed by atoms with E-state index in [-0.39, 0.29) is 17.3 Å². The molecule has 0 radical (unpaired) electrons. The van der Waals surface area contributed by atoms with Gasteiger partial charge in [-0.3, -0.25) is 0 Å². The SMILES string of the molecule is CSc1ccc(S(=O)(=O)NCc2ccc(F)cc2)cc1. The Bertz CT molecular complexity index is 667. The minimum absolute atomic E-state index is 0.132. The Morgan fingerprint density at radius 2 is 1.65 bits per heavy atom. The lowest BCUT2D eigenvalue weighted by molar-refractivity contribution is 0.581. The highest BCUT2D eigenvalue weighted by Crippen LogP contribution is 2.17. The summed E-state index contributed by atoms with van der Waals surface area (Å²) in [6.07, 6.45) is 1.93. The molecule has 2 aromatic carbocycles. The lowest BCUT2D eigenvalue weighted by atomic mass is 10.2. The van der Waals surface area contributed by atoms with Gasteiger partial charge >= 0.3 is 0 Å². The number of halogens is 1. The van der Waals surface area contributed by atoms with Crippen LogP contribution in [0.1, 0.15) is 5.56 Å². The van der Waals surface area contributed by atoms with Gasteiger partial charge in [-0.25, -0.2) is 17.5 Å². The maximum Gasteiger partial charge on any atom is 0.240 e. The van der Waals surface area contributed by atoms with Crippen molar-refractivity contribution < 1.29 is 12.8 Å². The Morgan fingerprint density at radius 3 is 2.20 bits per heavy atom. The first-order valence-corrected chi connectivity index (χ1v) is 8.60. The van der Waals surface area contributed by atoms with Gasteiger partial charge in [0.2, 0.25) is 10.0 Å². The fourth-order valence-electron chi connectivity index (χ4n) is 1.62. The number of sulfonamides is 1. The van der Waals surface area contributed by atoms with Crippen LogP contribution in [0.4, 0.5) is 4.39 Å². The molecule has 0 saturated heterocycles. The minimum Gasteiger partial charge on any atom is -0.207 e. The molecule has 0 fully saturated rings. The van der Waals surface area contributed by atoms with Gasteiger partial charge in [-0.15, -0.1) is 11.8 Å². The van der Waals surface area contributed by atoms with Crippen molar-refractivity contribution >= 4 is 21.8 Å². The molecule has 0 bridgehead atoms. The molecule has 0 atom stereocenters. The fourth-order valence-corrected chi connectivity index (χ4v) is 3.04. The molecule has 0 amide bonds. The molecule has 0 aliphatic heterocycles. The molecule has 106 valence electrons. The predicted molar refractivity (Wildman–Crippen MR) is 78.6 cm³/mol. The van der Waals surface area contributed by atoms with E-state index >= 15 is 0 Å². The van der Waals surface area contributed by atoms with E-state index in [4.69, 9.17) is 0 Å². The van der Waals surface area contributed by atoms with Crippen molar-refractivity contribution in [3.05, 3.63) is 59.9 Å². The van der Waals surface area contributed by atoms with E-state index in [2.05, 4.69) is 4.72 Å². The minimum atomic E-state index is -3.55. The third-order valence-corrected chi connectivity index (χ3v) is 4.91. The summed E-state index contributed by atoms with van der Waals surface area (Å²) in [5.74, 6) is -0.343. The molecule has 0 aliphatic rings. The average molecular weight is 311 g/mol. The van der Waals surface area contributed by atoms with Crippen LogP contribution in [-0.2, 0) is 16.6 Å². The quantitative estimate of drug-likeness (QED) is 0.863. The zero-order valence-corrected chi connectivity index (χ0v) is 12.5. The van der Waals surface area contributed by atoms with Gasteiger partial charge in [0.15, 0.2) is 0 Å². The normalized spacial score (nSPS) is 11.5. The number of hydrogen-bond acceptors (Lipinski definition) is 3. The van der Waals surface area contributed by atoms with Gasteiger partial charge in [0.25, 0.3) is 0 Å². The van der Waals surface area contributed by atoms with E-state index < -0.39 is 10.0 Å². The molecule has 0 saturated carbocycles. The predicted octanol–water partition coefficient (Wildman–Crippen LogP) is 3.03. The van der Waals surface area contributed by atoms with Crippen molar-refractivity contribution in [3.63, 3.8) is 0 Å². The lowest BCUT2D eigenvalue weighted by Crippen LogP contribution is -2.23. The van der Waals surface area contributed by atoms with E-state index in [0.29, 0.717) is 5.56 Å². The van der Waals surface area contributed by atoms with E-state index in [1.807, 2.05) is 6.26 Å². The van der Waals surface area contributed by atoms with Crippen LogP contribution in [-0.4, -0.2) is 14.7 Å². The maximum atomic E-state index is 12.8. The average Bonchev–Trinajstić information content (AvgIpc) is 2.47. The zero-order valence-electron chi connectivity index (χ0n) is 10.8. The summed E-state index contributed by atoms with van der Waals surface area (Å²) in [4.78, 5) is 1.22.